The Balaban J connectivity index is 2.57. The standard InChI is InChI=1S/C15H28N4O3/c1-15(2,3)22-14(20)19-10-5-6-12(21-8-7-10)13(18-4)11(17)9-16/h9-10,12H,5-8,16-17H2,1-4H3,(H,19,20)/b11-9+,18-13?. The van der Waals surface area contributed by atoms with Crippen molar-refractivity contribution in [1.82, 2.24) is 5.32 Å². The second kappa shape index (κ2) is 8.03. The minimum Gasteiger partial charge on any atom is -0.444 e. The lowest BCUT2D eigenvalue weighted by Gasteiger charge is -2.22. The van der Waals surface area contributed by atoms with Crippen molar-refractivity contribution >= 4 is 11.8 Å². The molecule has 126 valence electrons. The van der Waals surface area contributed by atoms with Crippen molar-refractivity contribution in [2.45, 2.75) is 57.8 Å². The third-order valence-corrected chi connectivity index (χ3v) is 3.30. The molecule has 7 heteroatoms. The molecule has 1 aliphatic rings. The second-order valence-corrected chi connectivity index (χ2v) is 6.30. The van der Waals surface area contributed by atoms with E-state index in [1.54, 1.807) is 7.05 Å². The Hall–Kier alpha value is -1.76. The van der Waals surface area contributed by atoms with Gasteiger partial charge >= 0.3 is 6.09 Å². The molecular weight excluding hydrogens is 284 g/mol. The molecule has 5 N–H and O–H groups in total. The number of hydrogen-bond acceptors (Lipinski definition) is 6. The van der Waals surface area contributed by atoms with Gasteiger partial charge in [-0.25, -0.2) is 4.79 Å². The minimum absolute atomic E-state index is 0.0148. The molecular formula is C15H28N4O3. The molecule has 1 amide bonds. The van der Waals surface area contributed by atoms with Gasteiger partial charge in [0.1, 0.15) is 11.7 Å². The summed E-state index contributed by atoms with van der Waals surface area (Å²) in [5, 5.41) is 2.88. The molecule has 0 aliphatic carbocycles. The van der Waals surface area contributed by atoms with Crippen molar-refractivity contribution in [2.24, 2.45) is 16.5 Å². The van der Waals surface area contributed by atoms with E-state index < -0.39 is 11.7 Å². The summed E-state index contributed by atoms with van der Waals surface area (Å²) in [6.45, 7) is 6.03. The summed E-state index contributed by atoms with van der Waals surface area (Å²) in [4.78, 5) is 16.0. The van der Waals surface area contributed by atoms with Gasteiger partial charge in [0.2, 0.25) is 0 Å². The average molecular weight is 312 g/mol. The van der Waals surface area contributed by atoms with Gasteiger partial charge in [-0.2, -0.15) is 0 Å². The van der Waals surface area contributed by atoms with E-state index in [-0.39, 0.29) is 12.1 Å². The quantitative estimate of drug-likeness (QED) is 0.680. The van der Waals surface area contributed by atoms with Crippen LogP contribution in [0.5, 0.6) is 0 Å². The smallest absolute Gasteiger partial charge is 0.407 e. The Morgan fingerprint density at radius 1 is 1.36 bits per heavy atom. The molecule has 0 bridgehead atoms. The third kappa shape index (κ3) is 5.93. The Morgan fingerprint density at radius 2 is 2.05 bits per heavy atom. The molecule has 0 aromatic carbocycles. The molecule has 0 aromatic heterocycles. The van der Waals surface area contributed by atoms with E-state index in [0.29, 0.717) is 24.4 Å². The SMILES string of the molecule is CN=C(/C(N)=C\N)C1CCC(NC(=O)OC(C)(C)C)CCO1. The zero-order valence-electron chi connectivity index (χ0n) is 13.9. The number of nitrogens with two attached hydrogens (primary N) is 2. The third-order valence-electron chi connectivity index (χ3n) is 3.30. The van der Waals surface area contributed by atoms with Crippen molar-refractivity contribution in [1.29, 1.82) is 0 Å². The lowest BCUT2D eigenvalue weighted by molar-refractivity contribution is 0.0496. The molecule has 2 unspecified atom stereocenters. The lowest BCUT2D eigenvalue weighted by Crippen LogP contribution is -2.39. The van der Waals surface area contributed by atoms with Gasteiger partial charge in [0.05, 0.1) is 11.4 Å². The molecule has 1 heterocycles. The predicted octanol–water partition coefficient (Wildman–Crippen LogP) is 1.28. The number of nitrogens with zero attached hydrogens (tertiary/aromatic N) is 1. The summed E-state index contributed by atoms with van der Waals surface area (Å²) in [6, 6.07) is 0.0148. The zero-order valence-corrected chi connectivity index (χ0v) is 13.9. The first-order valence-electron chi connectivity index (χ1n) is 7.52. The first-order valence-corrected chi connectivity index (χ1v) is 7.52. The first kappa shape index (κ1) is 18.3. The van der Waals surface area contributed by atoms with Gasteiger partial charge in [0, 0.05) is 25.9 Å². The van der Waals surface area contributed by atoms with E-state index in [1.165, 1.54) is 6.20 Å². The number of nitrogens with one attached hydrogen (secondary N) is 1. The topological polar surface area (TPSA) is 112 Å². The van der Waals surface area contributed by atoms with Crippen molar-refractivity contribution < 1.29 is 14.3 Å². The number of alkyl carbamates (subject to hydrolysis) is 1. The maximum absolute atomic E-state index is 11.8. The van der Waals surface area contributed by atoms with Crippen molar-refractivity contribution in [3.63, 3.8) is 0 Å². The van der Waals surface area contributed by atoms with Crippen LogP contribution >= 0.6 is 0 Å². The molecule has 7 nitrogen and oxygen atoms in total. The van der Waals surface area contributed by atoms with Crippen LogP contribution in [0.3, 0.4) is 0 Å². The van der Waals surface area contributed by atoms with E-state index in [1.807, 2.05) is 20.8 Å². The van der Waals surface area contributed by atoms with Crippen LogP contribution in [0.1, 0.15) is 40.0 Å². The highest BCUT2D eigenvalue weighted by atomic mass is 16.6. The molecule has 0 radical (unpaired) electrons. The summed E-state index contributed by atoms with van der Waals surface area (Å²) in [7, 11) is 1.66. The second-order valence-electron chi connectivity index (χ2n) is 6.30. The Labute approximate surface area is 132 Å². The number of carbonyl (C=O) groups is 1. The fraction of sp³-hybridized carbons (Fsp3) is 0.733. The van der Waals surface area contributed by atoms with E-state index in [0.717, 1.165) is 12.8 Å². The fourth-order valence-electron chi connectivity index (χ4n) is 2.31. The minimum atomic E-state index is -0.504. The predicted molar refractivity (Wildman–Crippen MR) is 86.6 cm³/mol. The molecule has 22 heavy (non-hydrogen) atoms. The highest BCUT2D eigenvalue weighted by Gasteiger charge is 2.26. The van der Waals surface area contributed by atoms with Gasteiger partial charge in [-0.1, -0.05) is 0 Å². The van der Waals surface area contributed by atoms with Gasteiger partial charge in [-0.3, -0.25) is 4.99 Å². The zero-order chi connectivity index (χ0) is 16.8. The lowest BCUT2D eigenvalue weighted by atomic mass is 10.0. The van der Waals surface area contributed by atoms with E-state index in [9.17, 15) is 4.79 Å². The van der Waals surface area contributed by atoms with E-state index >= 15 is 0 Å². The molecule has 2 atom stereocenters. The summed E-state index contributed by atoms with van der Waals surface area (Å²) >= 11 is 0. The van der Waals surface area contributed by atoms with Crippen molar-refractivity contribution in [3.05, 3.63) is 11.9 Å². The van der Waals surface area contributed by atoms with Gasteiger partial charge in [0.15, 0.2) is 0 Å². The summed E-state index contributed by atoms with van der Waals surface area (Å²) in [6.07, 6.45) is 2.92. The first-order chi connectivity index (χ1) is 10.3. The monoisotopic (exact) mass is 312 g/mol. The van der Waals surface area contributed by atoms with Crippen molar-refractivity contribution in [3.8, 4) is 0 Å². The number of amides is 1. The molecule has 1 fully saturated rings. The summed E-state index contributed by atoms with van der Waals surface area (Å²) in [5.74, 6) is 0. The summed E-state index contributed by atoms with van der Waals surface area (Å²) in [5.41, 5.74) is 11.9. The molecule has 1 saturated heterocycles. The van der Waals surface area contributed by atoms with Crippen LogP contribution in [0, 0.1) is 0 Å². The largest absolute Gasteiger partial charge is 0.444 e. The van der Waals surface area contributed by atoms with Crippen LogP contribution in [0.25, 0.3) is 0 Å². The van der Waals surface area contributed by atoms with Gasteiger partial charge in [-0.05, 0) is 40.0 Å². The number of carbonyl (C=O) groups excluding carboxylic acids is 1. The number of aliphatic imine (C=N–C) groups is 1. The molecule has 0 saturated carbocycles. The van der Waals surface area contributed by atoms with Crippen LogP contribution in [0.2, 0.25) is 0 Å². The molecule has 1 rings (SSSR count). The van der Waals surface area contributed by atoms with Crippen LogP contribution in [-0.2, 0) is 9.47 Å². The van der Waals surface area contributed by atoms with Gasteiger partial charge in [-0.15, -0.1) is 0 Å². The molecule has 0 aromatic rings. The maximum atomic E-state index is 11.8. The Morgan fingerprint density at radius 3 is 2.59 bits per heavy atom. The maximum Gasteiger partial charge on any atom is 0.407 e. The average Bonchev–Trinajstić information content (AvgIpc) is 2.63. The normalized spacial score (nSPS) is 24.5. The van der Waals surface area contributed by atoms with Crippen LogP contribution in [0.4, 0.5) is 4.79 Å². The highest BCUT2D eigenvalue weighted by Crippen LogP contribution is 2.18. The van der Waals surface area contributed by atoms with Crippen LogP contribution in [-0.4, -0.2) is 43.2 Å². The fourth-order valence-corrected chi connectivity index (χ4v) is 2.31. The van der Waals surface area contributed by atoms with Gasteiger partial charge < -0.3 is 26.3 Å². The molecule has 1 aliphatic heterocycles. The number of hydrogen-bond donors (Lipinski definition) is 3. The van der Waals surface area contributed by atoms with Crippen LogP contribution < -0.4 is 16.8 Å². The Kier molecular flexibility index (Phi) is 6.67. The Bertz CT molecular complexity index is 441. The highest BCUT2D eigenvalue weighted by molar-refractivity contribution is 6.02. The molecule has 0 spiro atoms. The summed E-state index contributed by atoms with van der Waals surface area (Å²) < 4.78 is 11.1. The number of ether oxygens (including phenoxy) is 2. The van der Waals surface area contributed by atoms with Crippen LogP contribution in [0.15, 0.2) is 16.9 Å². The van der Waals surface area contributed by atoms with Gasteiger partial charge in [0.25, 0.3) is 0 Å². The number of rotatable bonds is 3. The van der Waals surface area contributed by atoms with E-state index in [2.05, 4.69) is 10.3 Å². The van der Waals surface area contributed by atoms with E-state index in [4.69, 9.17) is 20.9 Å². The van der Waals surface area contributed by atoms with Crippen molar-refractivity contribution in [2.75, 3.05) is 13.7 Å².